The lowest BCUT2D eigenvalue weighted by atomic mass is 10.0. The van der Waals surface area contributed by atoms with Crippen LogP contribution in [0.2, 0.25) is 0 Å². The lowest BCUT2D eigenvalue weighted by Crippen LogP contribution is -2.24. The molecule has 0 fully saturated rings. The maximum atomic E-state index is 12.8. The van der Waals surface area contributed by atoms with Gasteiger partial charge in [0.2, 0.25) is 0 Å². The fourth-order valence-corrected chi connectivity index (χ4v) is 4.54. The van der Waals surface area contributed by atoms with Crippen molar-refractivity contribution < 1.29 is 24.2 Å². The van der Waals surface area contributed by atoms with Crippen molar-refractivity contribution in [1.29, 1.82) is 0 Å². The normalized spacial score (nSPS) is 12.7. The van der Waals surface area contributed by atoms with Crippen LogP contribution in [-0.4, -0.2) is 33.9 Å². The number of carbonyl (C=O) groups excluding carboxylic acids is 2. The van der Waals surface area contributed by atoms with Crippen LogP contribution in [0.25, 0.3) is 10.9 Å². The molecule has 3 N–H and O–H groups in total. The van der Waals surface area contributed by atoms with Crippen LogP contribution in [0.1, 0.15) is 39.2 Å². The third kappa shape index (κ3) is 3.79. The first kappa shape index (κ1) is 20.7. The molecule has 7 nitrogen and oxygen atoms in total. The Balaban J connectivity index is 1.94. The highest BCUT2D eigenvalue weighted by atomic mass is 16.5. The monoisotopic (exact) mass is 420 g/mol. The lowest BCUT2D eigenvalue weighted by molar-refractivity contribution is -0.139. The maximum Gasteiger partial charge on any atom is 0.341 e. The van der Waals surface area contributed by atoms with Gasteiger partial charge in [0.1, 0.15) is 5.75 Å². The van der Waals surface area contributed by atoms with E-state index in [1.807, 2.05) is 36.4 Å². The van der Waals surface area contributed by atoms with Gasteiger partial charge >= 0.3 is 5.97 Å². The largest absolute Gasteiger partial charge is 0.481 e. The molecule has 2 aromatic carbocycles. The number of amides is 1. The number of aliphatic carboxylic acids is 1. The van der Waals surface area contributed by atoms with E-state index in [2.05, 4.69) is 4.57 Å². The number of carboxylic acid groups (broad SMARTS) is 1. The van der Waals surface area contributed by atoms with Crippen LogP contribution in [0.4, 0.5) is 0 Å². The average Bonchev–Trinajstić information content (AvgIpc) is 3.32. The van der Waals surface area contributed by atoms with Crippen molar-refractivity contribution in [3.8, 4) is 5.75 Å². The van der Waals surface area contributed by atoms with Gasteiger partial charge in [0.05, 0.1) is 16.5 Å². The van der Waals surface area contributed by atoms with Crippen molar-refractivity contribution in [3.05, 3.63) is 64.3 Å². The Morgan fingerprint density at radius 2 is 1.90 bits per heavy atom. The van der Waals surface area contributed by atoms with Gasteiger partial charge in [0.15, 0.2) is 6.61 Å². The highest BCUT2D eigenvalue weighted by Crippen LogP contribution is 2.41. The molecule has 1 amide bonds. The summed E-state index contributed by atoms with van der Waals surface area (Å²) in [5, 5.41) is 9.59. The Morgan fingerprint density at radius 1 is 1.16 bits per heavy atom. The molecular formula is C24H24N2O5. The Bertz CT molecular complexity index is 1190. The molecule has 0 bridgehead atoms. The van der Waals surface area contributed by atoms with Crippen LogP contribution in [0.5, 0.6) is 5.75 Å². The minimum absolute atomic E-state index is 0.200. The number of carbonyl (C=O) groups is 3. The van der Waals surface area contributed by atoms with Gasteiger partial charge in [0, 0.05) is 12.2 Å². The van der Waals surface area contributed by atoms with Crippen LogP contribution in [0.3, 0.4) is 0 Å². The van der Waals surface area contributed by atoms with Gasteiger partial charge in [-0.05, 0) is 55.4 Å². The lowest BCUT2D eigenvalue weighted by Gasteiger charge is -2.14. The van der Waals surface area contributed by atoms with Crippen molar-refractivity contribution in [3.63, 3.8) is 0 Å². The van der Waals surface area contributed by atoms with Gasteiger partial charge < -0.3 is 20.1 Å². The number of nitrogens with zero attached hydrogens (tertiary/aromatic N) is 1. The summed E-state index contributed by atoms with van der Waals surface area (Å²) in [7, 11) is 0. The number of fused-ring (bicyclic) bond motifs is 3. The predicted octanol–water partition coefficient (Wildman–Crippen LogP) is 2.81. The zero-order valence-corrected chi connectivity index (χ0v) is 17.3. The van der Waals surface area contributed by atoms with E-state index in [1.54, 1.807) is 6.92 Å². The summed E-state index contributed by atoms with van der Waals surface area (Å²) in [5.41, 5.74) is 10.4. The van der Waals surface area contributed by atoms with Gasteiger partial charge in [-0.15, -0.1) is 0 Å². The van der Waals surface area contributed by atoms with E-state index >= 15 is 0 Å². The van der Waals surface area contributed by atoms with Crippen LogP contribution in [0.15, 0.2) is 36.4 Å². The van der Waals surface area contributed by atoms with Crippen molar-refractivity contribution in [2.75, 3.05) is 6.61 Å². The molecule has 7 heteroatoms. The molecule has 4 rings (SSSR count). The number of ketones is 1. The summed E-state index contributed by atoms with van der Waals surface area (Å²) < 4.78 is 7.64. The van der Waals surface area contributed by atoms with Crippen molar-refractivity contribution in [2.45, 2.75) is 39.2 Å². The topological polar surface area (TPSA) is 112 Å². The molecule has 3 aromatic rings. The van der Waals surface area contributed by atoms with Crippen LogP contribution >= 0.6 is 0 Å². The number of Topliss-reactive ketones (excluding diaryl/α,β-unsaturated/α-hetero) is 1. The minimum atomic E-state index is -1.11. The van der Waals surface area contributed by atoms with Gasteiger partial charge in [-0.25, -0.2) is 4.79 Å². The second-order valence-corrected chi connectivity index (χ2v) is 7.81. The van der Waals surface area contributed by atoms with Crippen molar-refractivity contribution >= 4 is 28.6 Å². The van der Waals surface area contributed by atoms with Gasteiger partial charge in [-0.1, -0.05) is 30.3 Å². The highest BCUT2D eigenvalue weighted by molar-refractivity contribution is 6.45. The number of hydrogen-bond donors (Lipinski definition) is 2. The van der Waals surface area contributed by atoms with E-state index in [1.165, 1.54) is 0 Å². The molecule has 1 aliphatic carbocycles. The first-order valence-corrected chi connectivity index (χ1v) is 10.3. The molecule has 0 saturated heterocycles. The van der Waals surface area contributed by atoms with E-state index in [4.69, 9.17) is 15.6 Å². The molecule has 0 saturated carbocycles. The maximum absolute atomic E-state index is 12.8. The fourth-order valence-electron chi connectivity index (χ4n) is 4.54. The molecule has 0 radical (unpaired) electrons. The summed E-state index contributed by atoms with van der Waals surface area (Å²) in [6.07, 6.45) is 3.42. The Morgan fingerprint density at radius 3 is 2.58 bits per heavy atom. The van der Waals surface area contributed by atoms with Gasteiger partial charge in [0.25, 0.3) is 11.7 Å². The third-order valence-corrected chi connectivity index (χ3v) is 5.89. The standard InChI is InChI=1S/C24H24N2O5/c1-14-20(23(29)24(25)30)21-18(31-13-19(27)28)12-16-8-5-9-17(16)22(21)26(14)11-10-15-6-3-2-4-7-15/h2-4,6-7,12H,5,8-11,13H2,1H3,(H2,25,30)(H,27,28). The van der Waals surface area contributed by atoms with Crippen molar-refractivity contribution in [2.24, 2.45) is 5.73 Å². The number of benzene rings is 2. The zero-order chi connectivity index (χ0) is 22.1. The molecule has 0 atom stereocenters. The first-order valence-electron chi connectivity index (χ1n) is 10.3. The molecule has 1 aromatic heterocycles. The summed E-state index contributed by atoms with van der Waals surface area (Å²) in [6.45, 7) is 1.86. The Labute approximate surface area is 179 Å². The number of aryl methyl sites for hydroxylation is 4. The highest BCUT2D eigenvalue weighted by Gasteiger charge is 2.30. The van der Waals surface area contributed by atoms with Crippen LogP contribution in [-0.2, 0) is 35.4 Å². The summed E-state index contributed by atoms with van der Waals surface area (Å²) >= 11 is 0. The van der Waals surface area contributed by atoms with E-state index in [9.17, 15) is 14.4 Å². The van der Waals surface area contributed by atoms with Gasteiger partial charge in [-0.2, -0.15) is 0 Å². The molecule has 0 unspecified atom stereocenters. The fraction of sp³-hybridized carbons (Fsp3) is 0.292. The van der Waals surface area contributed by atoms with Crippen molar-refractivity contribution in [1.82, 2.24) is 4.57 Å². The van der Waals surface area contributed by atoms with Gasteiger partial charge in [-0.3, -0.25) is 9.59 Å². The number of nitrogens with two attached hydrogens (primary N) is 1. The van der Waals surface area contributed by atoms with E-state index in [0.29, 0.717) is 23.4 Å². The first-order chi connectivity index (χ1) is 14.9. The number of primary amides is 1. The summed E-state index contributed by atoms with van der Waals surface area (Å²) in [4.78, 5) is 35.8. The summed E-state index contributed by atoms with van der Waals surface area (Å²) in [6, 6.07) is 11.8. The second kappa shape index (κ2) is 8.26. The molecule has 1 aliphatic rings. The average molecular weight is 420 g/mol. The minimum Gasteiger partial charge on any atom is -0.481 e. The van der Waals surface area contributed by atoms with Crippen LogP contribution in [0, 0.1) is 6.92 Å². The molecule has 160 valence electrons. The number of aromatic nitrogens is 1. The predicted molar refractivity (Wildman–Crippen MR) is 116 cm³/mol. The number of rotatable bonds is 8. The van der Waals surface area contributed by atoms with E-state index in [-0.39, 0.29) is 5.56 Å². The molecular weight excluding hydrogens is 396 g/mol. The second-order valence-electron chi connectivity index (χ2n) is 7.81. The van der Waals surface area contributed by atoms with Crippen LogP contribution < -0.4 is 10.5 Å². The molecule has 31 heavy (non-hydrogen) atoms. The SMILES string of the molecule is Cc1c(C(=O)C(N)=O)c2c(OCC(=O)O)cc3c(c2n1CCc1ccccc1)CCC3. The molecule has 1 heterocycles. The smallest absolute Gasteiger partial charge is 0.341 e. The van der Waals surface area contributed by atoms with E-state index < -0.39 is 24.3 Å². The summed E-state index contributed by atoms with van der Waals surface area (Å²) in [5.74, 6) is -2.64. The Kier molecular flexibility index (Phi) is 5.50. The molecule has 0 aliphatic heterocycles. The number of carboxylic acids is 1. The number of hydrogen-bond acceptors (Lipinski definition) is 4. The molecule has 0 spiro atoms. The van der Waals surface area contributed by atoms with E-state index in [0.717, 1.165) is 47.9 Å². The third-order valence-electron chi connectivity index (χ3n) is 5.89. The zero-order valence-electron chi connectivity index (χ0n) is 17.3. The number of ether oxygens (including phenoxy) is 1. The quantitative estimate of drug-likeness (QED) is 0.430. The Hall–Kier alpha value is -3.61.